The van der Waals surface area contributed by atoms with Gasteiger partial charge in [0.15, 0.2) is 3.95 Å². The third-order valence-corrected chi connectivity index (χ3v) is 3.63. The second-order valence-electron chi connectivity index (χ2n) is 3.58. The summed E-state index contributed by atoms with van der Waals surface area (Å²) in [6, 6.07) is 0.592. The van der Waals surface area contributed by atoms with Crippen LogP contribution >= 0.6 is 23.6 Å². The minimum atomic E-state index is 0.592. The Morgan fingerprint density at radius 2 is 2.46 bits per heavy atom. The van der Waals surface area contributed by atoms with Gasteiger partial charge in [0.1, 0.15) is 0 Å². The fourth-order valence-corrected chi connectivity index (χ4v) is 2.66. The quantitative estimate of drug-likeness (QED) is 0.745. The fourth-order valence-electron chi connectivity index (χ4n) is 1.81. The second-order valence-corrected chi connectivity index (χ2v) is 5.24. The minimum absolute atomic E-state index is 0.592. The average molecular weight is 215 g/mol. The highest BCUT2D eigenvalue weighted by Crippen LogP contribution is 2.28. The molecule has 1 saturated carbocycles. The lowest BCUT2D eigenvalue weighted by molar-refractivity contribution is 0.555. The van der Waals surface area contributed by atoms with Gasteiger partial charge in [-0.2, -0.15) is 0 Å². The number of nitrogens with one attached hydrogen (secondary N) is 2. The van der Waals surface area contributed by atoms with Crippen LogP contribution in [0.5, 0.6) is 0 Å². The predicted molar refractivity (Wildman–Crippen MR) is 57.7 cm³/mol. The Hall–Kier alpha value is -0.420. The molecule has 0 aromatic carbocycles. The van der Waals surface area contributed by atoms with Crippen LogP contribution in [-0.2, 0) is 0 Å². The monoisotopic (exact) mass is 215 g/mol. The Kier molecular flexibility index (Phi) is 2.64. The molecule has 3 nitrogen and oxygen atoms in total. The van der Waals surface area contributed by atoms with Gasteiger partial charge in [-0.25, -0.2) is 0 Å². The van der Waals surface area contributed by atoms with Crippen LogP contribution in [0.15, 0.2) is 0 Å². The molecule has 1 aliphatic rings. The lowest BCUT2D eigenvalue weighted by Crippen LogP contribution is -2.21. The van der Waals surface area contributed by atoms with Gasteiger partial charge in [-0.3, -0.25) is 5.10 Å². The first kappa shape index (κ1) is 9.15. The highest BCUT2D eigenvalue weighted by molar-refractivity contribution is 7.73. The smallest absolute Gasteiger partial charge is 0.204 e. The Labute approximate surface area is 86.6 Å². The van der Waals surface area contributed by atoms with Crippen molar-refractivity contribution in [2.45, 2.75) is 32.2 Å². The molecule has 13 heavy (non-hydrogen) atoms. The molecule has 1 aliphatic carbocycles. The molecule has 0 saturated heterocycles. The number of hydrogen-bond acceptors (Lipinski definition) is 4. The zero-order valence-electron chi connectivity index (χ0n) is 7.54. The number of aromatic nitrogens is 2. The molecular formula is C8H13N3S2. The van der Waals surface area contributed by atoms with Crippen LogP contribution in [0.3, 0.4) is 0 Å². The van der Waals surface area contributed by atoms with Gasteiger partial charge in [0.2, 0.25) is 5.13 Å². The molecule has 2 N–H and O–H groups in total. The van der Waals surface area contributed by atoms with Crippen LogP contribution in [-0.4, -0.2) is 16.2 Å². The Balaban J connectivity index is 2.01. The molecule has 0 radical (unpaired) electrons. The van der Waals surface area contributed by atoms with Crippen LogP contribution in [0, 0.1) is 9.87 Å². The van der Waals surface area contributed by atoms with Gasteiger partial charge < -0.3 is 5.32 Å². The third-order valence-electron chi connectivity index (χ3n) is 2.61. The summed E-state index contributed by atoms with van der Waals surface area (Å²) in [6.45, 7) is 2.29. The molecule has 2 rings (SSSR count). The largest absolute Gasteiger partial charge is 0.357 e. The second kappa shape index (κ2) is 3.75. The first-order valence-corrected chi connectivity index (χ1v) is 5.80. The summed E-state index contributed by atoms with van der Waals surface area (Å²) in [7, 11) is 0. The molecule has 1 aromatic rings. The van der Waals surface area contributed by atoms with Gasteiger partial charge in [0.05, 0.1) is 0 Å². The predicted octanol–water partition coefficient (Wildman–Crippen LogP) is 2.80. The number of hydrogen-bond donors (Lipinski definition) is 2. The van der Waals surface area contributed by atoms with Crippen LogP contribution < -0.4 is 5.32 Å². The molecule has 0 bridgehead atoms. The van der Waals surface area contributed by atoms with Crippen molar-refractivity contribution in [3.63, 3.8) is 0 Å². The van der Waals surface area contributed by atoms with Gasteiger partial charge in [0.25, 0.3) is 0 Å². The number of aromatic amines is 1. The zero-order chi connectivity index (χ0) is 9.26. The number of anilines is 1. The standard InChI is InChI=1S/C8H13N3S2/c1-5-3-2-4-6(5)9-7-10-11-8(12)13-7/h5-6H,2-4H2,1H3,(H,9,10)(H,11,12). The fraction of sp³-hybridized carbons (Fsp3) is 0.750. The van der Waals surface area contributed by atoms with E-state index in [1.165, 1.54) is 30.6 Å². The summed E-state index contributed by atoms with van der Waals surface area (Å²) in [5, 5.41) is 11.2. The third kappa shape index (κ3) is 2.08. The highest BCUT2D eigenvalue weighted by atomic mass is 32.1. The van der Waals surface area contributed by atoms with E-state index >= 15 is 0 Å². The first-order valence-electron chi connectivity index (χ1n) is 4.58. The maximum atomic E-state index is 4.96. The highest BCUT2D eigenvalue weighted by Gasteiger charge is 2.23. The number of nitrogens with zero attached hydrogens (tertiary/aromatic N) is 1. The summed E-state index contributed by atoms with van der Waals surface area (Å²) < 4.78 is 0.744. The van der Waals surface area contributed by atoms with Gasteiger partial charge in [-0.05, 0) is 31.0 Å². The molecule has 1 heterocycles. The summed E-state index contributed by atoms with van der Waals surface area (Å²) in [6.07, 6.45) is 3.91. The summed E-state index contributed by atoms with van der Waals surface area (Å²) >= 11 is 6.48. The van der Waals surface area contributed by atoms with Crippen molar-refractivity contribution in [3.8, 4) is 0 Å². The Morgan fingerprint density at radius 1 is 1.62 bits per heavy atom. The van der Waals surface area contributed by atoms with Crippen molar-refractivity contribution in [1.29, 1.82) is 0 Å². The van der Waals surface area contributed by atoms with E-state index in [1.807, 2.05) is 0 Å². The van der Waals surface area contributed by atoms with Crippen LogP contribution in [0.1, 0.15) is 26.2 Å². The van der Waals surface area contributed by atoms with Gasteiger partial charge in [-0.1, -0.05) is 24.7 Å². The Morgan fingerprint density at radius 3 is 3.00 bits per heavy atom. The van der Waals surface area contributed by atoms with Crippen molar-refractivity contribution in [2.75, 3.05) is 5.32 Å². The van der Waals surface area contributed by atoms with Gasteiger partial charge in [-0.15, -0.1) is 5.10 Å². The lowest BCUT2D eigenvalue weighted by Gasteiger charge is -2.15. The van der Waals surface area contributed by atoms with E-state index in [9.17, 15) is 0 Å². The molecule has 0 aliphatic heterocycles. The molecule has 2 unspecified atom stereocenters. The Bertz CT molecular complexity index is 330. The lowest BCUT2D eigenvalue weighted by atomic mass is 10.1. The first-order chi connectivity index (χ1) is 6.25. The van der Waals surface area contributed by atoms with Crippen molar-refractivity contribution in [1.82, 2.24) is 10.2 Å². The molecule has 5 heteroatoms. The number of H-pyrrole nitrogens is 1. The molecule has 1 fully saturated rings. The van der Waals surface area contributed by atoms with Crippen LogP contribution in [0.4, 0.5) is 5.13 Å². The van der Waals surface area contributed by atoms with Crippen molar-refractivity contribution in [3.05, 3.63) is 3.95 Å². The van der Waals surface area contributed by atoms with E-state index in [4.69, 9.17) is 12.2 Å². The summed E-state index contributed by atoms with van der Waals surface area (Å²) in [5.74, 6) is 0.762. The van der Waals surface area contributed by atoms with Gasteiger partial charge in [0, 0.05) is 6.04 Å². The van der Waals surface area contributed by atoms with Crippen molar-refractivity contribution in [2.24, 2.45) is 5.92 Å². The molecular weight excluding hydrogens is 202 g/mol. The molecule has 0 spiro atoms. The van der Waals surface area contributed by atoms with E-state index in [-0.39, 0.29) is 0 Å². The van der Waals surface area contributed by atoms with Crippen LogP contribution in [0.2, 0.25) is 0 Å². The van der Waals surface area contributed by atoms with E-state index in [2.05, 4.69) is 22.4 Å². The number of rotatable bonds is 2. The summed E-state index contributed by atoms with van der Waals surface area (Å²) in [5.41, 5.74) is 0. The molecule has 72 valence electrons. The van der Waals surface area contributed by atoms with Crippen LogP contribution in [0.25, 0.3) is 0 Å². The maximum Gasteiger partial charge on any atom is 0.204 e. The SMILES string of the molecule is CC1CCCC1Nc1n[nH]c(=S)s1. The summed E-state index contributed by atoms with van der Waals surface area (Å²) in [4.78, 5) is 0. The molecule has 0 amide bonds. The average Bonchev–Trinajstić information content (AvgIpc) is 2.64. The topological polar surface area (TPSA) is 40.7 Å². The van der Waals surface area contributed by atoms with Gasteiger partial charge >= 0.3 is 0 Å². The van der Waals surface area contributed by atoms with Crippen molar-refractivity contribution >= 4 is 28.7 Å². The van der Waals surface area contributed by atoms with E-state index < -0.39 is 0 Å². The normalized spacial score (nSPS) is 27.8. The zero-order valence-corrected chi connectivity index (χ0v) is 9.17. The van der Waals surface area contributed by atoms with E-state index in [0.717, 1.165) is 15.0 Å². The van der Waals surface area contributed by atoms with Crippen molar-refractivity contribution < 1.29 is 0 Å². The maximum absolute atomic E-state index is 4.96. The van der Waals surface area contributed by atoms with E-state index in [0.29, 0.717) is 6.04 Å². The molecule has 2 atom stereocenters. The minimum Gasteiger partial charge on any atom is -0.357 e. The van der Waals surface area contributed by atoms with E-state index in [1.54, 1.807) is 0 Å². The molecule has 1 aromatic heterocycles.